The normalized spacial score (nSPS) is 12.3. The molecule has 2 amide bonds. The molecule has 124 valence electrons. The summed E-state index contributed by atoms with van der Waals surface area (Å²) >= 11 is 0. The molecule has 0 spiro atoms. The van der Waals surface area contributed by atoms with E-state index in [9.17, 15) is 4.79 Å². The van der Waals surface area contributed by atoms with Gasteiger partial charge in [0.15, 0.2) is 6.23 Å². The van der Waals surface area contributed by atoms with Crippen molar-refractivity contribution >= 4 is 6.03 Å². The molecule has 1 atom stereocenters. The summed E-state index contributed by atoms with van der Waals surface area (Å²) in [6.07, 6.45) is 0.542. The van der Waals surface area contributed by atoms with Crippen molar-refractivity contribution in [2.24, 2.45) is 0 Å². The Morgan fingerprint density at radius 1 is 1.23 bits per heavy atom. The first-order valence-electron chi connectivity index (χ1n) is 7.84. The molecule has 0 bridgehead atoms. The van der Waals surface area contributed by atoms with Crippen molar-refractivity contribution in [3.05, 3.63) is 29.8 Å². The lowest BCUT2D eigenvalue weighted by Crippen LogP contribution is -2.44. The molecule has 2 N–H and O–H groups in total. The molecule has 0 radical (unpaired) electrons. The maximum atomic E-state index is 11.8. The lowest BCUT2D eigenvalue weighted by atomic mass is 10.0. The Bertz CT molecular complexity index is 461. The van der Waals surface area contributed by atoms with E-state index in [1.165, 1.54) is 0 Å². The van der Waals surface area contributed by atoms with Gasteiger partial charge in [-0.05, 0) is 51.5 Å². The largest absolute Gasteiger partial charge is 0.471 e. The quantitative estimate of drug-likeness (QED) is 0.573. The molecular weight excluding hydrogens is 278 g/mol. The average Bonchev–Trinajstić information content (AvgIpc) is 2.43. The highest BCUT2D eigenvalue weighted by atomic mass is 16.5. The number of nitrogens with zero attached hydrogens (tertiary/aromatic N) is 1. The topological polar surface area (TPSA) is 53.6 Å². The second kappa shape index (κ2) is 9.30. The van der Waals surface area contributed by atoms with Crippen molar-refractivity contribution in [2.45, 2.75) is 39.3 Å². The van der Waals surface area contributed by atoms with Gasteiger partial charge in [0.2, 0.25) is 0 Å². The van der Waals surface area contributed by atoms with E-state index >= 15 is 0 Å². The third-order valence-corrected chi connectivity index (χ3v) is 3.25. The molecule has 0 aliphatic carbocycles. The predicted molar refractivity (Wildman–Crippen MR) is 90.3 cm³/mol. The summed E-state index contributed by atoms with van der Waals surface area (Å²) in [6.45, 7) is 7.68. The SMILES string of the molecule is CC(NC(=O)NCCCN(C)C)Oc1ccccc1C(C)C. The summed E-state index contributed by atoms with van der Waals surface area (Å²) in [5, 5.41) is 5.63. The molecule has 5 heteroatoms. The van der Waals surface area contributed by atoms with Gasteiger partial charge in [-0.2, -0.15) is 0 Å². The molecule has 1 aromatic carbocycles. The number of hydrogen-bond donors (Lipinski definition) is 2. The minimum Gasteiger partial charge on any atom is -0.471 e. The van der Waals surface area contributed by atoms with Crippen LogP contribution < -0.4 is 15.4 Å². The van der Waals surface area contributed by atoms with Crippen LogP contribution in [0.25, 0.3) is 0 Å². The Balaban J connectivity index is 2.40. The smallest absolute Gasteiger partial charge is 0.317 e. The maximum absolute atomic E-state index is 11.8. The Morgan fingerprint density at radius 3 is 2.55 bits per heavy atom. The van der Waals surface area contributed by atoms with Gasteiger partial charge < -0.3 is 20.3 Å². The third-order valence-electron chi connectivity index (χ3n) is 3.25. The lowest BCUT2D eigenvalue weighted by Gasteiger charge is -2.20. The molecule has 0 aliphatic heterocycles. The predicted octanol–water partition coefficient (Wildman–Crippen LogP) is 2.79. The van der Waals surface area contributed by atoms with Crippen LogP contribution in [0.4, 0.5) is 4.79 Å². The van der Waals surface area contributed by atoms with Gasteiger partial charge in [0.05, 0.1) is 0 Å². The minimum atomic E-state index is -0.381. The number of benzene rings is 1. The lowest BCUT2D eigenvalue weighted by molar-refractivity contribution is 0.175. The van der Waals surface area contributed by atoms with E-state index in [1.54, 1.807) is 0 Å². The number of carbonyl (C=O) groups excluding carboxylic acids is 1. The van der Waals surface area contributed by atoms with Crippen LogP contribution in [0.2, 0.25) is 0 Å². The zero-order valence-corrected chi connectivity index (χ0v) is 14.3. The van der Waals surface area contributed by atoms with E-state index in [1.807, 2.05) is 45.3 Å². The van der Waals surface area contributed by atoms with Crippen molar-refractivity contribution < 1.29 is 9.53 Å². The fourth-order valence-corrected chi connectivity index (χ4v) is 2.12. The zero-order chi connectivity index (χ0) is 16.5. The van der Waals surface area contributed by atoms with Crippen LogP contribution in [0.3, 0.4) is 0 Å². The molecule has 0 saturated heterocycles. The maximum Gasteiger partial charge on any atom is 0.317 e. The second-order valence-electron chi connectivity index (χ2n) is 6.01. The molecule has 0 saturated carbocycles. The van der Waals surface area contributed by atoms with Crippen LogP contribution in [-0.4, -0.2) is 44.3 Å². The number of ether oxygens (including phenoxy) is 1. The molecule has 1 aromatic rings. The first-order chi connectivity index (χ1) is 10.4. The summed E-state index contributed by atoms with van der Waals surface area (Å²) in [4.78, 5) is 13.9. The highest BCUT2D eigenvalue weighted by molar-refractivity contribution is 5.73. The second-order valence-corrected chi connectivity index (χ2v) is 6.01. The number of urea groups is 1. The molecule has 0 fully saturated rings. The van der Waals surface area contributed by atoms with Crippen LogP contribution in [0.15, 0.2) is 24.3 Å². The molecule has 0 aromatic heterocycles. The molecule has 22 heavy (non-hydrogen) atoms. The van der Waals surface area contributed by atoms with E-state index in [2.05, 4.69) is 29.4 Å². The van der Waals surface area contributed by atoms with Crippen LogP contribution in [0.1, 0.15) is 38.7 Å². The molecule has 0 heterocycles. The van der Waals surface area contributed by atoms with E-state index in [0.717, 1.165) is 24.3 Å². The van der Waals surface area contributed by atoms with Crippen LogP contribution in [-0.2, 0) is 0 Å². The average molecular weight is 307 g/mol. The van der Waals surface area contributed by atoms with Crippen molar-refractivity contribution in [2.75, 3.05) is 27.2 Å². The van der Waals surface area contributed by atoms with Gasteiger partial charge in [0, 0.05) is 6.54 Å². The number of hydrogen-bond acceptors (Lipinski definition) is 3. The van der Waals surface area contributed by atoms with Gasteiger partial charge in [0.25, 0.3) is 0 Å². The summed E-state index contributed by atoms with van der Waals surface area (Å²) in [6, 6.07) is 7.72. The van der Waals surface area contributed by atoms with E-state index < -0.39 is 0 Å². The first kappa shape index (κ1) is 18.3. The van der Waals surface area contributed by atoms with Gasteiger partial charge >= 0.3 is 6.03 Å². The number of amides is 2. The monoisotopic (exact) mass is 307 g/mol. The van der Waals surface area contributed by atoms with Crippen LogP contribution in [0, 0.1) is 0 Å². The van der Waals surface area contributed by atoms with E-state index in [0.29, 0.717) is 12.5 Å². The van der Waals surface area contributed by atoms with Crippen LogP contribution in [0.5, 0.6) is 5.75 Å². The first-order valence-corrected chi connectivity index (χ1v) is 7.84. The van der Waals surface area contributed by atoms with Crippen molar-refractivity contribution in [1.82, 2.24) is 15.5 Å². The Labute approximate surface area is 134 Å². The van der Waals surface area contributed by atoms with Gasteiger partial charge in [-0.1, -0.05) is 32.0 Å². The van der Waals surface area contributed by atoms with Crippen LogP contribution >= 0.6 is 0 Å². The molecule has 1 rings (SSSR count). The number of nitrogens with one attached hydrogen (secondary N) is 2. The van der Waals surface area contributed by atoms with Gasteiger partial charge in [-0.15, -0.1) is 0 Å². The Hall–Kier alpha value is -1.75. The highest BCUT2D eigenvalue weighted by Gasteiger charge is 2.12. The Kier molecular flexibility index (Phi) is 7.74. The molecule has 0 aliphatic rings. The van der Waals surface area contributed by atoms with Crippen molar-refractivity contribution in [3.8, 4) is 5.75 Å². The standard InChI is InChI=1S/C17H29N3O2/c1-13(2)15-9-6-7-10-16(15)22-14(3)19-17(21)18-11-8-12-20(4)5/h6-7,9-10,13-14H,8,11-12H2,1-5H3,(H2,18,19,21). The molecular formula is C17H29N3O2. The van der Waals surface area contributed by atoms with Gasteiger partial charge in [-0.3, -0.25) is 0 Å². The van der Waals surface area contributed by atoms with E-state index in [4.69, 9.17) is 4.74 Å². The van der Waals surface area contributed by atoms with E-state index in [-0.39, 0.29) is 12.3 Å². The number of rotatable bonds is 8. The van der Waals surface area contributed by atoms with Gasteiger partial charge in [-0.25, -0.2) is 4.79 Å². The van der Waals surface area contributed by atoms with Crippen molar-refractivity contribution in [3.63, 3.8) is 0 Å². The highest BCUT2D eigenvalue weighted by Crippen LogP contribution is 2.26. The molecule has 5 nitrogen and oxygen atoms in total. The fraction of sp³-hybridized carbons (Fsp3) is 0.588. The zero-order valence-electron chi connectivity index (χ0n) is 14.3. The minimum absolute atomic E-state index is 0.201. The summed E-state index contributed by atoms with van der Waals surface area (Å²) in [7, 11) is 4.03. The fourth-order valence-electron chi connectivity index (χ4n) is 2.12. The summed E-state index contributed by atoms with van der Waals surface area (Å²) in [5.74, 6) is 1.20. The summed E-state index contributed by atoms with van der Waals surface area (Å²) in [5.41, 5.74) is 1.14. The third kappa shape index (κ3) is 6.80. The Morgan fingerprint density at radius 2 is 1.91 bits per heavy atom. The summed E-state index contributed by atoms with van der Waals surface area (Å²) < 4.78 is 5.84. The molecule has 1 unspecified atom stereocenters. The van der Waals surface area contributed by atoms with Gasteiger partial charge in [0.1, 0.15) is 5.75 Å². The number of carbonyl (C=O) groups is 1. The number of para-hydroxylation sites is 1. The van der Waals surface area contributed by atoms with Crippen molar-refractivity contribution in [1.29, 1.82) is 0 Å².